The zero-order valence-corrected chi connectivity index (χ0v) is 12.5. The molecule has 1 aliphatic rings. The maximum atomic E-state index is 12.1. The SMILES string of the molecule is COCCC(=O)N1CCN(c2nccnc2C#N)CC(O)C1. The van der Waals surface area contributed by atoms with Crippen molar-refractivity contribution >= 4 is 11.7 Å². The summed E-state index contributed by atoms with van der Waals surface area (Å²) in [5.41, 5.74) is 0.217. The molecule has 1 aliphatic heterocycles. The summed E-state index contributed by atoms with van der Waals surface area (Å²) >= 11 is 0. The van der Waals surface area contributed by atoms with Crippen molar-refractivity contribution in [2.45, 2.75) is 12.5 Å². The number of anilines is 1. The third-order valence-electron chi connectivity index (χ3n) is 3.46. The molecule has 0 bridgehead atoms. The second-order valence-electron chi connectivity index (χ2n) is 5.02. The summed E-state index contributed by atoms with van der Waals surface area (Å²) < 4.78 is 4.91. The molecule has 0 aromatic carbocycles. The van der Waals surface area contributed by atoms with Crippen molar-refractivity contribution in [2.24, 2.45) is 0 Å². The highest BCUT2D eigenvalue weighted by Gasteiger charge is 2.26. The molecule has 1 saturated heterocycles. The summed E-state index contributed by atoms with van der Waals surface area (Å²) in [6.07, 6.45) is 2.55. The van der Waals surface area contributed by atoms with Crippen LogP contribution in [0.2, 0.25) is 0 Å². The molecule has 22 heavy (non-hydrogen) atoms. The highest BCUT2D eigenvalue weighted by molar-refractivity contribution is 5.76. The minimum atomic E-state index is -0.706. The van der Waals surface area contributed by atoms with Crippen LogP contribution < -0.4 is 4.90 Å². The van der Waals surface area contributed by atoms with E-state index < -0.39 is 6.10 Å². The third-order valence-corrected chi connectivity index (χ3v) is 3.46. The molecule has 1 aromatic rings. The average molecular weight is 305 g/mol. The van der Waals surface area contributed by atoms with E-state index in [1.807, 2.05) is 6.07 Å². The van der Waals surface area contributed by atoms with Crippen LogP contribution in [0.1, 0.15) is 12.1 Å². The van der Waals surface area contributed by atoms with Crippen molar-refractivity contribution in [3.63, 3.8) is 0 Å². The van der Waals surface area contributed by atoms with Gasteiger partial charge in [0.2, 0.25) is 5.91 Å². The molecule has 1 amide bonds. The van der Waals surface area contributed by atoms with Gasteiger partial charge in [0.05, 0.1) is 19.1 Å². The van der Waals surface area contributed by atoms with Gasteiger partial charge in [-0.25, -0.2) is 9.97 Å². The van der Waals surface area contributed by atoms with Crippen molar-refractivity contribution < 1.29 is 14.6 Å². The molecular formula is C14H19N5O3. The van der Waals surface area contributed by atoms with Crippen LogP contribution in [0.5, 0.6) is 0 Å². The van der Waals surface area contributed by atoms with Gasteiger partial charge in [-0.05, 0) is 0 Å². The number of aliphatic hydroxyl groups excluding tert-OH is 1. The molecule has 1 atom stereocenters. The number of methoxy groups -OCH3 is 1. The maximum absolute atomic E-state index is 12.1. The lowest BCUT2D eigenvalue weighted by Crippen LogP contribution is -2.38. The zero-order valence-electron chi connectivity index (χ0n) is 12.5. The van der Waals surface area contributed by atoms with Gasteiger partial charge >= 0.3 is 0 Å². The molecule has 8 nitrogen and oxygen atoms in total. The summed E-state index contributed by atoms with van der Waals surface area (Å²) in [6, 6.07) is 2.00. The molecule has 2 heterocycles. The molecule has 0 saturated carbocycles. The van der Waals surface area contributed by atoms with Crippen LogP contribution in [-0.2, 0) is 9.53 Å². The van der Waals surface area contributed by atoms with E-state index in [0.717, 1.165) is 0 Å². The van der Waals surface area contributed by atoms with Gasteiger partial charge in [-0.2, -0.15) is 5.26 Å². The third kappa shape index (κ3) is 3.90. The van der Waals surface area contributed by atoms with Gasteiger partial charge in [0.15, 0.2) is 11.5 Å². The quantitative estimate of drug-likeness (QED) is 0.792. The second-order valence-corrected chi connectivity index (χ2v) is 5.02. The van der Waals surface area contributed by atoms with E-state index in [-0.39, 0.29) is 24.6 Å². The monoisotopic (exact) mass is 305 g/mol. The van der Waals surface area contributed by atoms with Gasteiger partial charge in [-0.3, -0.25) is 4.79 Å². The summed E-state index contributed by atoms with van der Waals surface area (Å²) in [5, 5.41) is 19.2. The summed E-state index contributed by atoms with van der Waals surface area (Å²) in [4.78, 5) is 23.6. The molecule has 1 aromatic heterocycles. The van der Waals surface area contributed by atoms with Crippen LogP contribution in [0.15, 0.2) is 12.4 Å². The summed E-state index contributed by atoms with van der Waals surface area (Å²) in [7, 11) is 1.55. The first-order valence-corrected chi connectivity index (χ1v) is 7.06. The lowest BCUT2D eigenvalue weighted by molar-refractivity contribution is -0.133. The number of β-amino-alcohol motifs (C(OH)–C–C–N with tert-alkyl or cyclic N) is 1. The Morgan fingerprint density at radius 2 is 2.23 bits per heavy atom. The Bertz CT molecular complexity index is 560. The number of ether oxygens (including phenoxy) is 1. The van der Waals surface area contributed by atoms with Gasteiger partial charge in [0.25, 0.3) is 0 Å². The highest BCUT2D eigenvalue weighted by atomic mass is 16.5. The Morgan fingerprint density at radius 3 is 2.95 bits per heavy atom. The predicted octanol–water partition coefficient (Wildman–Crippen LogP) is -0.606. The Balaban J connectivity index is 2.09. The second kappa shape index (κ2) is 7.68. The van der Waals surface area contributed by atoms with E-state index in [2.05, 4.69) is 9.97 Å². The molecule has 118 valence electrons. The number of hydrogen-bond donors (Lipinski definition) is 1. The van der Waals surface area contributed by atoms with Crippen molar-refractivity contribution in [3.8, 4) is 6.07 Å². The fraction of sp³-hybridized carbons (Fsp3) is 0.571. The van der Waals surface area contributed by atoms with Crippen LogP contribution in [-0.4, -0.2) is 71.9 Å². The van der Waals surface area contributed by atoms with Crippen LogP contribution in [0.4, 0.5) is 5.82 Å². The normalized spacial score (nSPS) is 18.7. The number of carbonyl (C=O) groups excluding carboxylic acids is 1. The molecule has 8 heteroatoms. The van der Waals surface area contributed by atoms with Gasteiger partial charge < -0.3 is 19.6 Å². The fourth-order valence-electron chi connectivity index (χ4n) is 2.40. The topological polar surface area (TPSA) is 103 Å². The van der Waals surface area contributed by atoms with Gasteiger partial charge in [0.1, 0.15) is 6.07 Å². The molecule has 1 N–H and O–H groups in total. The smallest absolute Gasteiger partial charge is 0.225 e. The standard InChI is InChI=1S/C14H19N5O3/c1-22-7-2-13(21)18-5-6-19(10-11(20)9-18)14-12(8-15)16-3-4-17-14/h3-4,11,20H,2,5-7,9-10H2,1H3. The van der Waals surface area contributed by atoms with E-state index in [1.165, 1.54) is 12.4 Å². The molecule has 0 radical (unpaired) electrons. The van der Waals surface area contributed by atoms with Gasteiger partial charge in [-0.15, -0.1) is 0 Å². The van der Waals surface area contributed by atoms with Gasteiger partial charge in [0, 0.05) is 45.7 Å². The van der Waals surface area contributed by atoms with Crippen LogP contribution in [0.25, 0.3) is 0 Å². The van der Waals surface area contributed by atoms with Crippen LogP contribution in [0.3, 0.4) is 0 Å². The Morgan fingerprint density at radius 1 is 1.45 bits per heavy atom. The minimum Gasteiger partial charge on any atom is -0.389 e. The van der Waals surface area contributed by atoms with E-state index >= 15 is 0 Å². The number of rotatable bonds is 4. The van der Waals surface area contributed by atoms with Gasteiger partial charge in [-0.1, -0.05) is 0 Å². The number of hydrogen-bond acceptors (Lipinski definition) is 7. The van der Waals surface area contributed by atoms with E-state index in [1.54, 1.807) is 16.9 Å². The highest BCUT2D eigenvalue weighted by Crippen LogP contribution is 2.17. The predicted molar refractivity (Wildman–Crippen MR) is 78.0 cm³/mol. The molecule has 0 aliphatic carbocycles. The Labute approximate surface area is 128 Å². The first kappa shape index (κ1) is 16.1. The number of aliphatic hydroxyl groups is 1. The maximum Gasteiger partial charge on any atom is 0.225 e. The summed E-state index contributed by atoms with van der Waals surface area (Å²) in [6.45, 7) is 1.88. The molecular weight excluding hydrogens is 286 g/mol. The first-order valence-electron chi connectivity index (χ1n) is 7.06. The molecule has 2 rings (SSSR count). The number of nitriles is 1. The number of amides is 1. The Hall–Kier alpha value is -2.24. The summed E-state index contributed by atoms with van der Waals surface area (Å²) in [5.74, 6) is 0.387. The van der Waals surface area contributed by atoms with Crippen molar-refractivity contribution in [3.05, 3.63) is 18.1 Å². The largest absolute Gasteiger partial charge is 0.389 e. The Kier molecular flexibility index (Phi) is 5.63. The van der Waals surface area contributed by atoms with E-state index in [0.29, 0.717) is 32.1 Å². The van der Waals surface area contributed by atoms with E-state index in [9.17, 15) is 9.90 Å². The molecule has 1 fully saturated rings. The number of nitrogens with zero attached hydrogens (tertiary/aromatic N) is 5. The number of aromatic nitrogens is 2. The fourth-order valence-corrected chi connectivity index (χ4v) is 2.40. The van der Waals surface area contributed by atoms with Crippen molar-refractivity contribution in [2.75, 3.05) is 44.8 Å². The lowest BCUT2D eigenvalue weighted by Gasteiger charge is -2.22. The van der Waals surface area contributed by atoms with Crippen LogP contribution >= 0.6 is 0 Å². The van der Waals surface area contributed by atoms with E-state index in [4.69, 9.17) is 10.00 Å². The van der Waals surface area contributed by atoms with Crippen molar-refractivity contribution in [1.82, 2.24) is 14.9 Å². The molecule has 1 unspecified atom stereocenters. The number of carbonyl (C=O) groups is 1. The zero-order chi connectivity index (χ0) is 15.9. The van der Waals surface area contributed by atoms with Crippen LogP contribution in [0, 0.1) is 11.3 Å². The average Bonchev–Trinajstić information content (AvgIpc) is 2.74. The first-order chi connectivity index (χ1) is 10.7. The lowest BCUT2D eigenvalue weighted by atomic mass is 10.3. The minimum absolute atomic E-state index is 0.0533. The molecule has 0 spiro atoms. The van der Waals surface area contributed by atoms with Crippen molar-refractivity contribution in [1.29, 1.82) is 5.26 Å².